The summed E-state index contributed by atoms with van der Waals surface area (Å²) in [6, 6.07) is 5.15. The summed E-state index contributed by atoms with van der Waals surface area (Å²) >= 11 is 0. The van der Waals surface area contributed by atoms with Gasteiger partial charge in [-0.2, -0.15) is 0 Å². The fraction of sp³-hybridized carbons (Fsp3) is 0.500. The Morgan fingerprint density at radius 2 is 1.62 bits per heavy atom. The quantitative estimate of drug-likeness (QED) is 0.673. The molecule has 2 unspecified atom stereocenters. The summed E-state index contributed by atoms with van der Waals surface area (Å²) in [6.07, 6.45) is 3.71. The van der Waals surface area contributed by atoms with Crippen LogP contribution in [0.5, 0.6) is 0 Å². The Bertz CT molecular complexity index is 263. The Morgan fingerprint density at radius 3 is 2.15 bits per heavy atom. The zero-order chi connectivity index (χ0) is 9.26. The molecule has 1 aliphatic rings. The van der Waals surface area contributed by atoms with E-state index in [2.05, 4.69) is 41.8 Å². The van der Waals surface area contributed by atoms with Crippen molar-refractivity contribution in [1.29, 1.82) is 0 Å². The Hall–Kier alpha value is -0.930. The monoisotopic (exact) mass is 177 g/mol. The van der Waals surface area contributed by atoms with Gasteiger partial charge in [-0.05, 0) is 31.5 Å². The van der Waals surface area contributed by atoms with Gasteiger partial charge in [-0.15, -0.1) is 0 Å². The Balaban J connectivity index is 2.25. The largest absolute Gasteiger partial charge is 0.265 e. The van der Waals surface area contributed by atoms with E-state index in [1.54, 1.807) is 0 Å². The number of aromatic nitrogens is 1. The molecule has 0 aromatic carbocycles. The van der Waals surface area contributed by atoms with Crippen molar-refractivity contribution in [3.63, 3.8) is 0 Å². The summed E-state index contributed by atoms with van der Waals surface area (Å²) in [4.78, 5) is 4.03. The van der Waals surface area contributed by atoms with Crippen LogP contribution in [0.4, 0.5) is 0 Å². The zero-order valence-corrected chi connectivity index (χ0v) is 7.99. The van der Waals surface area contributed by atoms with Crippen LogP contribution in [0.15, 0.2) is 24.5 Å². The van der Waals surface area contributed by atoms with Crippen LogP contribution in [-0.4, -0.2) is 17.1 Å². The average Bonchev–Trinajstić information content (AvgIpc) is 2.48. The molecule has 1 aromatic heterocycles. The normalized spacial score (nSPS) is 33.5. The molecule has 1 aromatic rings. The Morgan fingerprint density at radius 1 is 1.08 bits per heavy atom. The van der Waals surface area contributed by atoms with Gasteiger partial charge in [-0.1, -0.05) is 0 Å². The molecular formula is C10H15N3. The molecule has 13 heavy (non-hydrogen) atoms. The van der Waals surface area contributed by atoms with E-state index in [1.165, 1.54) is 5.56 Å². The topological polar surface area (TPSA) is 37.0 Å². The van der Waals surface area contributed by atoms with Crippen molar-refractivity contribution in [1.82, 2.24) is 15.8 Å². The van der Waals surface area contributed by atoms with Crippen LogP contribution in [0.25, 0.3) is 0 Å². The van der Waals surface area contributed by atoms with Gasteiger partial charge in [0.2, 0.25) is 0 Å². The van der Waals surface area contributed by atoms with Crippen LogP contribution < -0.4 is 10.9 Å². The second-order valence-corrected chi connectivity index (χ2v) is 3.67. The van der Waals surface area contributed by atoms with Gasteiger partial charge in [0.25, 0.3) is 0 Å². The minimum atomic E-state index is 0.484. The molecule has 0 radical (unpaired) electrons. The molecule has 0 amide bonds. The van der Waals surface area contributed by atoms with Crippen LogP contribution >= 0.6 is 0 Å². The van der Waals surface area contributed by atoms with Crippen molar-refractivity contribution in [2.24, 2.45) is 0 Å². The van der Waals surface area contributed by atoms with E-state index in [0.29, 0.717) is 18.0 Å². The third kappa shape index (κ3) is 1.57. The number of nitrogens with zero attached hydrogens (tertiary/aromatic N) is 1. The molecule has 0 saturated carbocycles. The summed E-state index contributed by atoms with van der Waals surface area (Å²) < 4.78 is 0. The predicted octanol–water partition coefficient (Wildman–Crippen LogP) is 1.05. The molecule has 2 N–H and O–H groups in total. The first-order chi connectivity index (χ1) is 6.29. The molecule has 1 fully saturated rings. The molecule has 1 aliphatic heterocycles. The Labute approximate surface area is 78.5 Å². The second-order valence-electron chi connectivity index (χ2n) is 3.67. The average molecular weight is 177 g/mol. The van der Waals surface area contributed by atoms with Gasteiger partial charge >= 0.3 is 0 Å². The van der Waals surface area contributed by atoms with Crippen LogP contribution in [-0.2, 0) is 0 Å². The molecule has 0 aliphatic carbocycles. The molecule has 2 atom stereocenters. The lowest BCUT2D eigenvalue weighted by atomic mass is 9.89. The van der Waals surface area contributed by atoms with Crippen molar-refractivity contribution >= 4 is 0 Å². The molecule has 3 nitrogen and oxygen atoms in total. The lowest BCUT2D eigenvalue weighted by molar-refractivity contribution is 0.567. The van der Waals surface area contributed by atoms with E-state index < -0.39 is 0 Å². The highest BCUT2D eigenvalue weighted by Gasteiger charge is 2.30. The third-order valence-electron chi connectivity index (χ3n) is 2.71. The third-order valence-corrected chi connectivity index (χ3v) is 2.71. The highest BCUT2D eigenvalue weighted by atomic mass is 15.4. The van der Waals surface area contributed by atoms with Crippen LogP contribution in [0.1, 0.15) is 25.3 Å². The first-order valence-electron chi connectivity index (χ1n) is 4.70. The standard InChI is InChI=1S/C10H15N3/c1-7-10(8(2)13-12-7)9-3-5-11-6-4-9/h3-8,10,12-13H,1-2H3. The lowest BCUT2D eigenvalue weighted by Gasteiger charge is -2.17. The minimum Gasteiger partial charge on any atom is -0.265 e. The van der Waals surface area contributed by atoms with Crippen LogP contribution in [0.2, 0.25) is 0 Å². The van der Waals surface area contributed by atoms with Crippen LogP contribution in [0, 0.1) is 0 Å². The van der Waals surface area contributed by atoms with Crippen molar-refractivity contribution in [3.05, 3.63) is 30.1 Å². The second kappa shape index (κ2) is 3.44. The minimum absolute atomic E-state index is 0.484. The van der Waals surface area contributed by atoms with Crippen molar-refractivity contribution in [2.45, 2.75) is 31.8 Å². The number of nitrogens with one attached hydrogen (secondary N) is 2. The predicted molar refractivity (Wildman–Crippen MR) is 52.2 cm³/mol. The summed E-state index contributed by atoms with van der Waals surface area (Å²) in [6.45, 7) is 4.39. The van der Waals surface area contributed by atoms with Gasteiger partial charge in [0.05, 0.1) is 0 Å². The fourth-order valence-electron chi connectivity index (χ4n) is 2.04. The highest BCUT2D eigenvalue weighted by Crippen LogP contribution is 2.25. The van der Waals surface area contributed by atoms with Gasteiger partial charge in [0.15, 0.2) is 0 Å². The maximum atomic E-state index is 4.03. The van der Waals surface area contributed by atoms with E-state index in [9.17, 15) is 0 Å². The number of hydrogen-bond acceptors (Lipinski definition) is 3. The molecule has 70 valence electrons. The summed E-state index contributed by atoms with van der Waals surface area (Å²) in [5, 5.41) is 0. The van der Waals surface area contributed by atoms with E-state index in [0.717, 1.165) is 0 Å². The van der Waals surface area contributed by atoms with E-state index in [4.69, 9.17) is 0 Å². The maximum Gasteiger partial charge on any atom is 0.0270 e. The number of rotatable bonds is 1. The number of pyridine rings is 1. The van der Waals surface area contributed by atoms with Crippen molar-refractivity contribution in [3.8, 4) is 0 Å². The van der Waals surface area contributed by atoms with Crippen molar-refractivity contribution < 1.29 is 0 Å². The molecule has 0 spiro atoms. The van der Waals surface area contributed by atoms with Gasteiger partial charge in [-0.25, -0.2) is 0 Å². The molecular weight excluding hydrogens is 162 g/mol. The molecule has 0 bridgehead atoms. The first kappa shape index (κ1) is 8.66. The molecule has 2 heterocycles. The van der Waals surface area contributed by atoms with Gasteiger partial charge < -0.3 is 0 Å². The smallest absolute Gasteiger partial charge is 0.0270 e. The SMILES string of the molecule is CC1NNC(C)C1c1ccncc1. The molecule has 2 rings (SSSR count). The summed E-state index contributed by atoms with van der Waals surface area (Å²) in [7, 11) is 0. The van der Waals surface area contributed by atoms with Crippen molar-refractivity contribution in [2.75, 3.05) is 0 Å². The fourth-order valence-corrected chi connectivity index (χ4v) is 2.04. The Kier molecular flexibility index (Phi) is 2.29. The number of hydrazine groups is 1. The van der Waals surface area contributed by atoms with E-state index in [1.807, 2.05) is 12.4 Å². The zero-order valence-electron chi connectivity index (χ0n) is 7.99. The first-order valence-corrected chi connectivity index (χ1v) is 4.70. The summed E-state index contributed by atoms with van der Waals surface area (Å²) in [5.74, 6) is 0.544. The highest BCUT2D eigenvalue weighted by molar-refractivity contribution is 5.21. The van der Waals surface area contributed by atoms with Crippen LogP contribution in [0.3, 0.4) is 0 Å². The maximum absolute atomic E-state index is 4.03. The summed E-state index contributed by atoms with van der Waals surface area (Å²) in [5.41, 5.74) is 7.85. The van der Waals surface area contributed by atoms with Gasteiger partial charge in [0.1, 0.15) is 0 Å². The number of hydrogen-bond donors (Lipinski definition) is 2. The van der Waals surface area contributed by atoms with Gasteiger partial charge in [0, 0.05) is 30.4 Å². The molecule has 1 saturated heterocycles. The van der Waals surface area contributed by atoms with Gasteiger partial charge in [-0.3, -0.25) is 15.8 Å². The van der Waals surface area contributed by atoms with E-state index in [-0.39, 0.29) is 0 Å². The van der Waals surface area contributed by atoms with E-state index >= 15 is 0 Å². The lowest BCUT2D eigenvalue weighted by Crippen LogP contribution is -2.30. The molecule has 3 heteroatoms.